The van der Waals surface area contributed by atoms with Crippen molar-refractivity contribution in [3.8, 4) is 0 Å². The summed E-state index contributed by atoms with van der Waals surface area (Å²) in [5, 5.41) is 0.629. The van der Waals surface area contributed by atoms with Crippen LogP contribution in [-0.2, 0) is 29.2 Å². The number of hydrogen-bond donors (Lipinski definition) is 1. The lowest BCUT2D eigenvalue weighted by Gasteiger charge is -2.21. The van der Waals surface area contributed by atoms with Crippen LogP contribution in [0.4, 0.5) is 0 Å². The lowest BCUT2D eigenvalue weighted by molar-refractivity contribution is -0.136. The van der Waals surface area contributed by atoms with E-state index in [1.165, 1.54) is 4.90 Å². The van der Waals surface area contributed by atoms with Crippen molar-refractivity contribution in [1.82, 2.24) is 14.8 Å². The van der Waals surface area contributed by atoms with Gasteiger partial charge in [-0.3, -0.25) is 14.4 Å². The highest BCUT2D eigenvalue weighted by atomic mass is 16.2. The smallest absolute Gasteiger partial charge is 0.242 e. The topological polar surface area (TPSA) is 73.5 Å². The summed E-state index contributed by atoms with van der Waals surface area (Å²) in [5.41, 5.74) is 3.10. The summed E-state index contributed by atoms with van der Waals surface area (Å²) in [6.45, 7) is 0.985. The van der Waals surface area contributed by atoms with Crippen molar-refractivity contribution >= 4 is 23.2 Å². The molecule has 0 radical (unpaired) electrons. The van der Waals surface area contributed by atoms with E-state index < -0.39 is 0 Å². The molecule has 0 saturated heterocycles. The molecule has 0 saturated carbocycles. The largest absolute Gasteiger partial charge is 0.356 e. The molecule has 4 rings (SSSR count). The molecule has 0 spiro atoms. The monoisotopic (exact) mass is 361 g/mol. The van der Waals surface area contributed by atoms with Gasteiger partial charge in [-0.05, 0) is 17.7 Å². The standard InChI is InChI=1S/C21H19N3O3/c25-14-23(10-15-6-2-1-3-7-15)13-20(26)24-11-17-19(12-24)22-18-9-5-4-8-16(18)21(17)27/h1-9,14H,10-13H2,(H,22,27). The number of aromatic nitrogens is 1. The van der Waals surface area contributed by atoms with Gasteiger partial charge in [0.1, 0.15) is 0 Å². The van der Waals surface area contributed by atoms with Crippen LogP contribution in [0.5, 0.6) is 0 Å². The van der Waals surface area contributed by atoms with E-state index in [0.717, 1.165) is 16.8 Å². The predicted octanol–water partition coefficient (Wildman–Crippen LogP) is 2.03. The number of H-pyrrole nitrogens is 1. The van der Waals surface area contributed by atoms with Crippen molar-refractivity contribution in [2.45, 2.75) is 19.6 Å². The number of rotatable bonds is 5. The highest BCUT2D eigenvalue weighted by Crippen LogP contribution is 2.21. The number of fused-ring (bicyclic) bond motifs is 2. The molecule has 6 heteroatoms. The van der Waals surface area contributed by atoms with Gasteiger partial charge < -0.3 is 14.8 Å². The molecule has 6 nitrogen and oxygen atoms in total. The second kappa shape index (κ2) is 7.07. The number of hydrogen-bond acceptors (Lipinski definition) is 3. The maximum absolute atomic E-state index is 12.7. The van der Waals surface area contributed by atoms with Crippen LogP contribution in [0.2, 0.25) is 0 Å². The molecule has 1 aliphatic rings. The Balaban J connectivity index is 1.50. The van der Waals surface area contributed by atoms with E-state index in [4.69, 9.17) is 0 Å². The fourth-order valence-corrected chi connectivity index (χ4v) is 3.47. The van der Waals surface area contributed by atoms with Crippen molar-refractivity contribution in [2.24, 2.45) is 0 Å². The Kier molecular flexibility index (Phi) is 4.46. The zero-order chi connectivity index (χ0) is 18.8. The Morgan fingerprint density at radius 1 is 1.07 bits per heavy atom. The van der Waals surface area contributed by atoms with Gasteiger partial charge >= 0.3 is 0 Å². The van der Waals surface area contributed by atoms with E-state index in [2.05, 4.69) is 4.98 Å². The van der Waals surface area contributed by atoms with Crippen LogP contribution in [-0.4, -0.2) is 33.6 Å². The predicted molar refractivity (Wildman–Crippen MR) is 102 cm³/mol. The Labute approximate surface area is 156 Å². The lowest BCUT2D eigenvalue weighted by Crippen LogP contribution is -2.37. The fraction of sp³-hybridized carbons (Fsp3) is 0.190. The maximum atomic E-state index is 12.7. The molecule has 1 aliphatic heterocycles. The van der Waals surface area contributed by atoms with Gasteiger partial charge in [0.25, 0.3) is 0 Å². The lowest BCUT2D eigenvalue weighted by atomic mass is 10.1. The first-order chi connectivity index (χ1) is 13.2. The summed E-state index contributed by atoms with van der Waals surface area (Å²) >= 11 is 0. The number of pyridine rings is 1. The first kappa shape index (κ1) is 17.0. The second-order valence-electron chi connectivity index (χ2n) is 6.70. The quantitative estimate of drug-likeness (QED) is 0.707. The molecular weight excluding hydrogens is 342 g/mol. The zero-order valence-electron chi connectivity index (χ0n) is 14.7. The van der Waals surface area contributed by atoms with E-state index in [9.17, 15) is 14.4 Å². The minimum absolute atomic E-state index is 0.0138. The van der Waals surface area contributed by atoms with Crippen LogP contribution in [0, 0.1) is 0 Å². The number of nitrogens with zero attached hydrogens (tertiary/aromatic N) is 2. The van der Waals surface area contributed by atoms with Crippen molar-refractivity contribution in [3.63, 3.8) is 0 Å². The van der Waals surface area contributed by atoms with Crippen LogP contribution in [0.15, 0.2) is 59.4 Å². The molecule has 0 bridgehead atoms. The van der Waals surface area contributed by atoms with E-state index in [1.54, 1.807) is 11.0 Å². The highest BCUT2D eigenvalue weighted by Gasteiger charge is 2.27. The van der Waals surface area contributed by atoms with Crippen LogP contribution in [0.25, 0.3) is 10.9 Å². The number of para-hydroxylation sites is 1. The molecule has 1 aromatic heterocycles. The second-order valence-corrected chi connectivity index (χ2v) is 6.70. The minimum Gasteiger partial charge on any atom is -0.356 e. The van der Waals surface area contributed by atoms with Crippen LogP contribution in [0.1, 0.15) is 16.8 Å². The average Bonchev–Trinajstić information content (AvgIpc) is 3.13. The van der Waals surface area contributed by atoms with Crippen LogP contribution >= 0.6 is 0 Å². The number of carbonyl (C=O) groups is 2. The van der Waals surface area contributed by atoms with Gasteiger partial charge in [0.05, 0.1) is 19.6 Å². The number of amides is 2. The Morgan fingerprint density at radius 3 is 2.59 bits per heavy atom. The average molecular weight is 361 g/mol. The molecule has 0 aliphatic carbocycles. The van der Waals surface area contributed by atoms with E-state index in [-0.39, 0.29) is 24.4 Å². The van der Waals surface area contributed by atoms with Crippen molar-refractivity contribution in [2.75, 3.05) is 6.54 Å². The van der Waals surface area contributed by atoms with Gasteiger partial charge in [0.2, 0.25) is 12.3 Å². The molecule has 2 amide bonds. The fourth-order valence-electron chi connectivity index (χ4n) is 3.47. The summed E-state index contributed by atoms with van der Waals surface area (Å²) < 4.78 is 0. The van der Waals surface area contributed by atoms with Crippen molar-refractivity contribution in [3.05, 3.63) is 81.6 Å². The van der Waals surface area contributed by atoms with Crippen LogP contribution in [0.3, 0.4) is 0 Å². The molecule has 2 aromatic carbocycles. The summed E-state index contributed by atoms with van der Waals surface area (Å²) in [5.74, 6) is -0.175. The first-order valence-electron chi connectivity index (χ1n) is 8.79. The van der Waals surface area contributed by atoms with E-state index >= 15 is 0 Å². The van der Waals surface area contributed by atoms with Crippen molar-refractivity contribution in [1.29, 1.82) is 0 Å². The zero-order valence-corrected chi connectivity index (χ0v) is 14.7. The van der Waals surface area contributed by atoms with Crippen molar-refractivity contribution < 1.29 is 9.59 Å². The van der Waals surface area contributed by atoms with E-state index in [1.807, 2.05) is 48.5 Å². The molecule has 3 aromatic rings. The van der Waals surface area contributed by atoms with Crippen LogP contribution < -0.4 is 5.43 Å². The van der Waals surface area contributed by atoms with Gasteiger partial charge in [-0.15, -0.1) is 0 Å². The normalized spacial score (nSPS) is 12.8. The third-order valence-electron chi connectivity index (χ3n) is 4.86. The summed E-state index contributed by atoms with van der Waals surface area (Å²) in [6, 6.07) is 16.9. The van der Waals surface area contributed by atoms with Gasteiger partial charge in [-0.2, -0.15) is 0 Å². The Hall–Kier alpha value is -3.41. The Bertz CT molecular complexity index is 1060. The SMILES string of the molecule is O=CN(CC(=O)N1Cc2[nH]c3ccccc3c(=O)c2C1)Cc1ccccc1. The molecule has 0 fully saturated rings. The Morgan fingerprint density at radius 2 is 1.81 bits per heavy atom. The molecule has 136 valence electrons. The molecule has 0 atom stereocenters. The third-order valence-corrected chi connectivity index (χ3v) is 4.86. The molecular formula is C21H19N3O3. The number of benzene rings is 2. The highest BCUT2D eigenvalue weighted by molar-refractivity contribution is 5.82. The summed E-state index contributed by atoms with van der Waals surface area (Å²) in [7, 11) is 0. The minimum atomic E-state index is -0.175. The van der Waals surface area contributed by atoms with Gasteiger partial charge in [0.15, 0.2) is 5.43 Å². The molecule has 27 heavy (non-hydrogen) atoms. The number of carbonyl (C=O) groups excluding carboxylic acids is 2. The molecule has 2 heterocycles. The molecule has 0 unspecified atom stereocenters. The maximum Gasteiger partial charge on any atom is 0.242 e. The molecule has 1 N–H and O–H groups in total. The van der Waals surface area contributed by atoms with Gasteiger partial charge in [-0.1, -0.05) is 42.5 Å². The first-order valence-corrected chi connectivity index (χ1v) is 8.79. The summed E-state index contributed by atoms with van der Waals surface area (Å²) in [4.78, 5) is 43.1. The number of nitrogens with one attached hydrogen (secondary N) is 1. The van der Waals surface area contributed by atoms with E-state index in [0.29, 0.717) is 30.4 Å². The number of aromatic amines is 1. The third kappa shape index (κ3) is 3.33. The summed E-state index contributed by atoms with van der Waals surface area (Å²) in [6.07, 6.45) is 0.688. The van der Waals surface area contributed by atoms with Gasteiger partial charge in [-0.25, -0.2) is 0 Å². The van der Waals surface area contributed by atoms with Gasteiger partial charge in [0, 0.05) is 28.7 Å².